The second-order valence-electron chi connectivity index (χ2n) is 7.36. The number of rotatable bonds is 8. The lowest BCUT2D eigenvalue weighted by molar-refractivity contribution is -0.121. The molecule has 0 radical (unpaired) electrons. The van der Waals surface area contributed by atoms with Crippen molar-refractivity contribution in [2.45, 2.75) is 12.3 Å². The number of aryl methyl sites for hydroxylation is 1. The fourth-order valence-corrected chi connectivity index (χ4v) is 3.67. The molecule has 1 N–H and O–H groups in total. The summed E-state index contributed by atoms with van der Waals surface area (Å²) in [6, 6.07) is 16.3. The highest BCUT2D eigenvalue weighted by molar-refractivity contribution is 5.86. The SMILES string of the molecule is COc1ccccc1[C@H](CC(=O)NCCN(C)C)c1cn(C)c2ccccc12. The fourth-order valence-electron chi connectivity index (χ4n) is 3.67. The Morgan fingerprint density at radius 3 is 2.57 bits per heavy atom. The summed E-state index contributed by atoms with van der Waals surface area (Å²) in [6.45, 7) is 1.46. The summed E-state index contributed by atoms with van der Waals surface area (Å²) in [7, 11) is 7.72. The highest BCUT2D eigenvalue weighted by Crippen LogP contribution is 2.38. The molecule has 0 bridgehead atoms. The molecule has 0 aliphatic heterocycles. The first-order chi connectivity index (χ1) is 13.5. The van der Waals surface area contributed by atoms with Crippen LogP contribution in [0.15, 0.2) is 54.7 Å². The Labute approximate surface area is 166 Å². The first-order valence-corrected chi connectivity index (χ1v) is 9.59. The second kappa shape index (κ2) is 8.93. The number of fused-ring (bicyclic) bond motifs is 1. The van der Waals surface area contributed by atoms with Crippen LogP contribution in [-0.4, -0.2) is 49.7 Å². The number of likely N-dealkylation sites (N-methyl/N-ethyl adjacent to an activating group) is 1. The minimum absolute atomic E-state index is 0.0469. The minimum atomic E-state index is -0.0818. The van der Waals surface area contributed by atoms with Crippen LogP contribution < -0.4 is 10.1 Å². The van der Waals surface area contributed by atoms with Crippen molar-refractivity contribution in [3.05, 3.63) is 65.9 Å². The van der Waals surface area contributed by atoms with Gasteiger partial charge in [-0.2, -0.15) is 0 Å². The zero-order valence-corrected chi connectivity index (χ0v) is 17.1. The standard InChI is InChI=1S/C23H29N3O2/c1-25(2)14-13-24-23(27)15-19(18-10-6-8-12-22(18)28-4)20-16-26(3)21-11-7-5-9-17(20)21/h5-12,16,19H,13-15H2,1-4H3,(H,24,27)/t19-/m0/s1. The number of nitrogens with zero attached hydrogens (tertiary/aromatic N) is 2. The van der Waals surface area contributed by atoms with E-state index in [-0.39, 0.29) is 11.8 Å². The van der Waals surface area contributed by atoms with Gasteiger partial charge in [0.15, 0.2) is 0 Å². The summed E-state index contributed by atoms with van der Waals surface area (Å²) < 4.78 is 7.74. The van der Waals surface area contributed by atoms with Gasteiger partial charge >= 0.3 is 0 Å². The number of aromatic nitrogens is 1. The third-order valence-electron chi connectivity index (χ3n) is 5.09. The number of carbonyl (C=O) groups excluding carboxylic acids is 1. The highest BCUT2D eigenvalue weighted by Gasteiger charge is 2.24. The molecule has 148 valence electrons. The number of hydrogen-bond acceptors (Lipinski definition) is 3. The van der Waals surface area contributed by atoms with E-state index in [9.17, 15) is 4.79 Å². The average Bonchev–Trinajstić information content (AvgIpc) is 3.02. The van der Waals surface area contributed by atoms with Crippen LogP contribution in [0, 0.1) is 0 Å². The normalized spacial score (nSPS) is 12.3. The van der Waals surface area contributed by atoms with Crippen LogP contribution in [0.1, 0.15) is 23.5 Å². The van der Waals surface area contributed by atoms with Gasteiger partial charge in [-0.05, 0) is 31.8 Å². The van der Waals surface area contributed by atoms with E-state index in [0.29, 0.717) is 13.0 Å². The summed E-state index contributed by atoms with van der Waals surface area (Å²) in [6.07, 6.45) is 2.51. The number of para-hydroxylation sites is 2. The maximum atomic E-state index is 12.7. The summed E-state index contributed by atoms with van der Waals surface area (Å²) in [5.41, 5.74) is 3.33. The van der Waals surface area contributed by atoms with Crippen molar-refractivity contribution in [2.24, 2.45) is 7.05 Å². The monoisotopic (exact) mass is 379 g/mol. The molecule has 0 spiro atoms. The van der Waals surface area contributed by atoms with E-state index >= 15 is 0 Å². The number of carbonyl (C=O) groups is 1. The Morgan fingerprint density at radius 1 is 1.11 bits per heavy atom. The molecule has 1 atom stereocenters. The average molecular weight is 380 g/mol. The van der Waals surface area contributed by atoms with Gasteiger partial charge < -0.3 is 19.5 Å². The molecule has 3 aromatic rings. The van der Waals surface area contributed by atoms with Gasteiger partial charge in [0.05, 0.1) is 7.11 Å². The molecule has 28 heavy (non-hydrogen) atoms. The van der Waals surface area contributed by atoms with Gasteiger partial charge in [-0.1, -0.05) is 36.4 Å². The molecule has 1 aromatic heterocycles. The van der Waals surface area contributed by atoms with Crippen LogP contribution in [0.25, 0.3) is 10.9 Å². The first kappa shape index (κ1) is 20.0. The molecule has 0 saturated carbocycles. The van der Waals surface area contributed by atoms with E-state index in [2.05, 4.69) is 39.2 Å². The lowest BCUT2D eigenvalue weighted by atomic mass is 9.87. The highest BCUT2D eigenvalue weighted by atomic mass is 16.5. The Hall–Kier alpha value is -2.79. The minimum Gasteiger partial charge on any atom is -0.496 e. The Balaban J connectivity index is 1.98. The molecule has 1 amide bonds. The number of ether oxygens (including phenoxy) is 1. The van der Waals surface area contributed by atoms with Crippen LogP contribution in [0.5, 0.6) is 5.75 Å². The van der Waals surface area contributed by atoms with Crippen molar-refractivity contribution < 1.29 is 9.53 Å². The van der Waals surface area contributed by atoms with Gasteiger partial charge in [-0.15, -0.1) is 0 Å². The predicted octanol–water partition coefficient (Wildman–Crippen LogP) is 3.39. The predicted molar refractivity (Wildman–Crippen MR) is 114 cm³/mol. The Morgan fingerprint density at radius 2 is 1.82 bits per heavy atom. The van der Waals surface area contributed by atoms with E-state index < -0.39 is 0 Å². The van der Waals surface area contributed by atoms with E-state index in [1.165, 1.54) is 5.39 Å². The van der Waals surface area contributed by atoms with E-state index in [1.54, 1.807) is 7.11 Å². The molecular weight excluding hydrogens is 350 g/mol. The molecular formula is C23H29N3O2. The van der Waals surface area contributed by atoms with Gasteiger partial charge in [0.1, 0.15) is 5.75 Å². The largest absolute Gasteiger partial charge is 0.496 e. The van der Waals surface area contributed by atoms with Crippen molar-refractivity contribution in [2.75, 3.05) is 34.3 Å². The molecule has 0 saturated heterocycles. The lowest BCUT2D eigenvalue weighted by Crippen LogP contribution is -2.32. The number of nitrogens with one attached hydrogen (secondary N) is 1. The summed E-state index contributed by atoms with van der Waals surface area (Å²) >= 11 is 0. The van der Waals surface area contributed by atoms with E-state index in [1.807, 2.05) is 51.5 Å². The van der Waals surface area contributed by atoms with Gasteiger partial charge in [-0.25, -0.2) is 0 Å². The fraction of sp³-hybridized carbons (Fsp3) is 0.348. The number of amides is 1. The number of hydrogen-bond donors (Lipinski definition) is 1. The van der Waals surface area contributed by atoms with Crippen LogP contribution in [-0.2, 0) is 11.8 Å². The topological polar surface area (TPSA) is 46.5 Å². The van der Waals surface area contributed by atoms with Crippen molar-refractivity contribution in [1.82, 2.24) is 14.8 Å². The first-order valence-electron chi connectivity index (χ1n) is 9.59. The summed E-state index contributed by atoms with van der Waals surface area (Å²) in [5, 5.41) is 4.22. The smallest absolute Gasteiger partial charge is 0.220 e. The van der Waals surface area contributed by atoms with Crippen LogP contribution in [0.2, 0.25) is 0 Å². The maximum absolute atomic E-state index is 12.7. The third kappa shape index (κ3) is 4.37. The molecule has 0 aliphatic rings. The Bertz CT molecular complexity index is 946. The van der Waals surface area contributed by atoms with Crippen molar-refractivity contribution in [3.63, 3.8) is 0 Å². The maximum Gasteiger partial charge on any atom is 0.220 e. The van der Waals surface area contributed by atoms with Crippen LogP contribution >= 0.6 is 0 Å². The van der Waals surface area contributed by atoms with Crippen molar-refractivity contribution in [1.29, 1.82) is 0 Å². The molecule has 5 nitrogen and oxygen atoms in total. The van der Waals surface area contributed by atoms with Gasteiger partial charge in [0.25, 0.3) is 0 Å². The quantitative estimate of drug-likeness (QED) is 0.653. The van der Waals surface area contributed by atoms with Crippen LogP contribution in [0.4, 0.5) is 0 Å². The number of methoxy groups -OCH3 is 1. The zero-order chi connectivity index (χ0) is 20.1. The number of benzene rings is 2. The molecule has 3 rings (SSSR count). The molecule has 0 aliphatic carbocycles. The van der Waals surface area contributed by atoms with Gasteiger partial charge in [0, 0.05) is 55.1 Å². The van der Waals surface area contributed by atoms with Crippen molar-refractivity contribution in [3.8, 4) is 5.75 Å². The summed E-state index contributed by atoms with van der Waals surface area (Å²) in [5.74, 6) is 0.772. The lowest BCUT2D eigenvalue weighted by Gasteiger charge is -2.20. The van der Waals surface area contributed by atoms with Gasteiger partial charge in [-0.3, -0.25) is 4.79 Å². The van der Waals surface area contributed by atoms with E-state index in [0.717, 1.165) is 28.9 Å². The van der Waals surface area contributed by atoms with E-state index in [4.69, 9.17) is 4.74 Å². The zero-order valence-electron chi connectivity index (χ0n) is 17.1. The molecule has 0 unspecified atom stereocenters. The Kier molecular flexibility index (Phi) is 6.37. The third-order valence-corrected chi connectivity index (χ3v) is 5.09. The summed E-state index contributed by atoms with van der Waals surface area (Å²) in [4.78, 5) is 14.8. The second-order valence-corrected chi connectivity index (χ2v) is 7.36. The van der Waals surface area contributed by atoms with Gasteiger partial charge in [0.2, 0.25) is 5.91 Å². The molecule has 1 heterocycles. The molecule has 0 fully saturated rings. The van der Waals surface area contributed by atoms with Crippen LogP contribution in [0.3, 0.4) is 0 Å². The molecule has 5 heteroatoms. The molecule has 2 aromatic carbocycles. The van der Waals surface area contributed by atoms with Crippen molar-refractivity contribution >= 4 is 16.8 Å².